The Kier molecular flexibility index (Phi) is 4.68. The molecule has 0 unspecified atom stereocenters. The number of para-hydroxylation sites is 2. The standard InChI is InChI=1S/C26H20ClNO4/c1-2-25(22(29)16-12-14-17(27)15-13-16)21-19-10-6-7-11-20(19)32-24(31)26(21,25)23(30)28-18-8-4-3-5-9-18/h3-15,21H,2H2,1H3,(H,28,30)/t21-,25-,26+/m0/s1. The molecule has 5 nitrogen and oxygen atoms in total. The van der Waals surface area contributed by atoms with Gasteiger partial charge in [-0.1, -0.05) is 54.9 Å². The van der Waals surface area contributed by atoms with Gasteiger partial charge in [-0.25, -0.2) is 0 Å². The summed E-state index contributed by atoms with van der Waals surface area (Å²) in [6.07, 6.45) is 0.296. The van der Waals surface area contributed by atoms with E-state index in [0.717, 1.165) is 0 Å². The Bertz CT molecular complexity index is 1240. The summed E-state index contributed by atoms with van der Waals surface area (Å²) in [7, 11) is 0. The smallest absolute Gasteiger partial charge is 0.328 e. The first-order valence-corrected chi connectivity index (χ1v) is 10.8. The van der Waals surface area contributed by atoms with E-state index in [4.69, 9.17) is 16.3 Å². The van der Waals surface area contributed by atoms with Crippen LogP contribution in [0.3, 0.4) is 0 Å². The first kappa shape index (κ1) is 20.5. The average Bonchev–Trinajstić information content (AvgIpc) is 3.47. The summed E-state index contributed by atoms with van der Waals surface area (Å²) < 4.78 is 5.64. The lowest BCUT2D eigenvalue weighted by molar-refractivity contribution is -0.147. The molecule has 1 saturated carbocycles. The first-order valence-electron chi connectivity index (χ1n) is 10.4. The van der Waals surface area contributed by atoms with E-state index in [9.17, 15) is 14.4 Å². The van der Waals surface area contributed by atoms with Crippen molar-refractivity contribution in [3.63, 3.8) is 0 Å². The van der Waals surface area contributed by atoms with E-state index >= 15 is 0 Å². The number of nitrogens with one attached hydrogen (secondary N) is 1. The number of ether oxygens (including phenoxy) is 1. The second-order valence-corrected chi connectivity index (χ2v) is 8.59. The number of carbonyl (C=O) groups is 3. The number of halogens is 1. The third kappa shape index (κ3) is 2.61. The largest absolute Gasteiger partial charge is 0.425 e. The summed E-state index contributed by atoms with van der Waals surface area (Å²) in [5, 5.41) is 3.35. The second-order valence-electron chi connectivity index (χ2n) is 8.15. The van der Waals surface area contributed by atoms with Crippen molar-refractivity contribution in [2.45, 2.75) is 19.3 Å². The van der Waals surface area contributed by atoms with Gasteiger partial charge in [-0.15, -0.1) is 0 Å². The van der Waals surface area contributed by atoms with Gasteiger partial charge in [0.25, 0.3) is 0 Å². The summed E-state index contributed by atoms with van der Waals surface area (Å²) >= 11 is 6.01. The predicted molar refractivity (Wildman–Crippen MR) is 121 cm³/mol. The van der Waals surface area contributed by atoms with E-state index in [0.29, 0.717) is 34.0 Å². The lowest BCUT2D eigenvalue weighted by Gasteiger charge is -2.23. The Morgan fingerprint density at radius 1 is 0.969 bits per heavy atom. The number of carbonyl (C=O) groups excluding carboxylic acids is 3. The fraction of sp³-hybridized carbons (Fsp3) is 0.192. The highest BCUT2D eigenvalue weighted by atomic mass is 35.5. The zero-order valence-electron chi connectivity index (χ0n) is 17.3. The van der Waals surface area contributed by atoms with Crippen molar-refractivity contribution >= 4 is 34.9 Å². The summed E-state index contributed by atoms with van der Waals surface area (Å²) in [6.45, 7) is 1.83. The fourth-order valence-corrected chi connectivity index (χ4v) is 5.44. The topological polar surface area (TPSA) is 72.5 Å². The quantitative estimate of drug-likeness (QED) is 0.251. The second kappa shape index (κ2) is 7.31. The minimum absolute atomic E-state index is 0.265. The maximum atomic E-state index is 13.9. The number of amides is 1. The van der Waals surface area contributed by atoms with Gasteiger partial charge >= 0.3 is 5.97 Å². The van der Waals surface area contributed by atoms with Crippen LogP contribution in [-0.4, -0.2) is 17.7 Å². The van der Waals surface area contributed by atoms with Crippen LogP contribution >= 0.6 is 11.6 Å². The molecule has 160 valence electrons. The SMILES string of the molecule is CC[C@@]1(C(=O)c2ccc(Cl)cc2)[C@@H]2c3ccccc3OC(=O)[C@]21C(=O)Nc1ccccc1. The molecular weight excluding hydrogens is 426 g/mol. The van der Waals surface area contributed by atoms with Crippen molar-refractivity contribution in [3.05, 3.63) is 95.0 Å². The van der Waals surface area contributed by atoms with Gasteiger partial charge in [-0.05, 0) is 48.9 Å². The summed E-state index contributed by atoms with van der Waals surface area (Å²) in [4.78, 5) is 41.1. The highest BCUT2D eigenvalue weighted by Gasteiger charge is 2.89. The highest BCUT2D eigenvalue weighted by Crippen LogP contribution is 2.80. The molecule has 0 saturated heterocycles. The molecule has 0 radical (unpaired) electrons. The molecule has 32 heavy (non-hydrogen) atoms. The van der Waals surface area contributed by atoms with Crippen LogP contribution in [0.25, 0.3) is 0 Å². The van der Waals surface area contributed by atoms with Crippen molar-refractivity contribution in [3.8, 4) is 5.75 Å². The molecule has 6 heteroatoms. The molecule has 0 spiro atoms. The van der Waals surface area contributed by atoms with Gasteiger partial charge in [0.1, 0.15) is 5.75 Å². The van der Waals surface area contributed by atoms with Gasteiger partial charge in [0.05, 0.1) is 5.41 Å². The van der Waals surface area contributed by atoms with Crippen molar-refractivity contribution < 1.29 is 19.1 Å². The number of fused-ring (bicyclic) bond motifs is 3. The molecule has 1 heterocycles. The Morgan fingerprint density at radius 3 is 2.31 bits per heavy atom. The number of rotatable bonds is 5. The molecule has 0 bridgehead atoms. The molecule has 1 aliphatic heterocycles. The average molecular weight is 446 g/mol. The highest BCUT2D eigenvalue weighted by molar-refractivity contribution is 6.30. The molecule has 3 atom stereocenters. The lowest BCUT2D eigenvalue weighted by atomic mass is 9.82. The fourth-order valence-electron chi connectivity index (χ4n) is 5.32. The van der Waals surface area contributed by atoms with Gasteiger partial charge in [0, 0.05) is 27.8 Å². The van der Waals surface area contributed by atoms with Crippen molar-refractivity contribution in [2.24, 2.45) is 10.8 Å². The van der Waals surface area contributed by atoms with Gasteiger partial charge in [-0.3, -0.25) is 14.4 Å². The number of benzene rings is 3. The van der Waals surface area contributed by atoms with Crippen LogP contribution in [0.4, 0.5) is 5.69 Å². The van der Waals surface area contributed by atoms with E-state index in [2.05, 4.69) is 5.32 Å². The summed E-state index contributed by atoms with van der Waals surface area (Å²) in [5.74, 6) is -1.72. The van der Waals surface area contributed by atoms with Crippen LogP contribution in [0.15, 0.2) is 78.9 Å². The molecule has 1 N–H and O–H groups in total. The minimum Gasteiger partial charge on any atom is -0.425 e. The van der Waals surface area contributed by atoms with Gasteiger partial charge in [0.15, 0.2) is 11.2 Å². The molecule has 3 aromatic carbocycles. The molecule has 3 aromatic rings. The molecule has 1 amide bonds. The Hall–Kier alpha value is -3.44. The van der Waals surface area contributed by atoms with Gasteiger partial charge < -0.3 is 10.1 Å². The zero-order valence-corrected chi connectivity index (χ0v) is 18.1. The Morgan fingerprint density at radius 2 is 1.62 bits per heavy atom. The van der Waals surface area contributed by atoms with Crippen LogP contribution in [0, 0.1) is 10.8 Å². The number of Topliss-reactive ketones (excluding diaryl/α,β-unsaturated/α-hetero) is 1. The molecule has 0 aromatic heterocycles. The third-order valence-electron chi connectivity index (χ3n) is 6.76. The normalized spacial score (nSPS) is 25.2. The Balaban J connectivity index is 1.67. The first-order chi connectivity index (χ1) is 15.5. The zero-order chi connectivity index (χ0) is 22.5. The third-order valence-corrected chi connectivity index (χ3v) is 7.01. The number of ketones is 1. The summed E-state index contributed by atoms with van der Waals surface area (Å²) in [6, 6.07) is 22.5. The maximum Gasteiger partial charge on any atom is 0.328 e. The van der Waals surface area contributed by atoms with E-state index in [-0.39, 0.29) is 5.78 Å². The van der Waals surface area contributed by atoms with E-state index in [1.54, 1.807) is 60.7 Å². The Labute approximate surface area is 190 Å². The minimum atomic E-state index is -1.65. The molecule has 1 aliphatic carbocycles. The van der Waals surface area contributed by atoms with Gasteiger partial charge in [-0.2, -0.15) is 0 Å². The molecule has 5 rings (SSSR count). The predicted octanol–water partition coefficient (Wildman–Crippen LogP) is 5.26. The van der Waals surface area contributed by atoms with Crippen LogP contribution < -0.4 is 10.1 Å². The molecule has 1 fully saturated rings. The van der Waals surface area contributed by atoms with Crippen molar-refractivity contribution in [1.29, 1.82) is 0 Å². The lowest BCUT2D eigenvalue weighted by Crippen LogP contribution is -2.42. The van der Waals surface area contributed by atoms with E-state index in [1.165, 1.54) is 0 Å². The van der Waals surface area contributed by atoms with Crippen molar-refractivity contribution in [2.75, 3.05) is 5.32 Å². The maximum absolute atomic E-state index is 13.9. The van der Waals surface area contributed by atoms with Crippen LogP contribution in [0.1, 0.15) is 35.2 Å². The van der Waals surface area contributed by atoms with Crippen LogP contribution in [-0.2, 0) is 9.59 Å². The number of hydrogen-bond donors (Lipinski definition) is 1. The number of anilines is 1. The monoisotopic (exact) mass is 445 g/mol. The van der Waals surface area contributed by atoms with Crippen LogP contribution in [0.5, 0.6) is 5.75 Å². The van der Waals surface area contributed by atoms with Gasteiger partial charge in [0.2, 0.25) is 5.91 Å². The van der Waals surface area contributed by atoms with Crippen molar-refractivity contribution in [1.82, 2.24) is 0 Å². The number of esters is 1. The number of hydrogen-bond acceptors (Lipinski definition) is 4. The molecular formula is C26H20ClNO4. The van der Waals surface area contributed by atoms with Crippen LogP contribution in [0.2, 0.25) is 5.02 Å². The van der Waals surface area contributed by atoms with E-state index in [1.807, 2.05) is 25.1 Å². The van der Waals surface area contributed by atoms with E-state index < -0.39 is 28.6 Å². The summed E-state index contributed by atoms with van der Waals surface area (Å²) in [5.41, 5.74) is -1.26. The molecule has 2 aliphatic rings.